The maximum Gasteiger partial charge on any atom is 0.0253 e. The molecule has 0 spiro atoms. The Labute approximate surface area is 97.1 Å². The Morgan fingerprint density at radius 3 is 1.93 bits per heavy atom. The molecule has 0 nitrogen and oxygen atoms in total. The summed E-state index contributed by atoms with van der Waals surface area (Å²) in [6.45, 7) is 0. The highest BCUT2D eigenvalue weighted by atomic mass is 79.9. The lowest BCUT2D eigenvalue weighted by molar-refractivity contribution is 1.58. The molecule has 2 aromatic carbocycles. The highest BCUT2D eigenvalue weighted by molar-refractivity contribution is 9.10. The Bertz CT molecular complexity index is 398. The van der Waals surface area contributed by atoms with E-state index in [0.717, 1.165) is 4.47 Å². The zero-order valence-corrected chi connectivity index (χ0v) is 10.2. The first kappa shape index (κ1) is 11.2. The van der Waals surface area contributed by atoms with Crippen molar-refractivity contribution in [2.24, 2.45) is 0 Å². The predicted molar refractivity (Wildman–Crippen MR) is 65.3 cm³/mol. The fourth-order valence-electron chi connectivity index (χ4n) is 1.31. The summed E-state index contributed by atoms with van der Waals surface area (Å²) in [6, 6.07) is 18.6. The number of benzene rings is 2. The van der Waals surface area contributed by atoms with Crippen molar-refractivity contribution in [2.75, 3.05) is 0 Å². The van der Waals surface area contributed by atoms with E-state index in [-0.39, 0.29) is 11.0 Å². The number of hydrogen-bond acceptors (Lipinski definition) is 0. The highest BCUT2D eigenvalue weighted by Gasteiger charge is 1.99. The molecule has 0 aromatic heterocycles. The van der Waals surface area contributed by atoms with Gasteiger partial charge in [-0.3, -0.25) is 0 Å². The molecule has 0 fully saturated rings. The van der Waals surface area contributed by atoms with E-state index in [1.807, 2.05) is 18.2 Å². The van der Waals surface area contributed by atoms with Gasteiger partial charge in [0.2, 0.25) is 0 Å². The minimum absolute atomic E-state index is 0. The maximum absolute atomic E-state index is 3.53. The first-order valence-corrected chi connectivity index (χ1v) is 4.97. The summed E-state index contributed by atoms with van der Waals surface area (Å²) in [7, 11) is 0. The average Bonchev–Trinajstić information content (AvgIpc) is 2.20. The molecule has 0 unspecified atom stereocenters. The van der Waals surface area contributed by atoms with Crippen LogP contribution in [0.15, 0.2) is 59.1 Å². The van der Waals surface area contributed by atoms with Crippen molar-refractivity contribution in [3.05, 3.63) is 59.1 Å². The fourth-order valence-corrected chi connectivity index (χ4v) is 1.83. The van der Waals surface area contributed by atoms with Crippen LogP contribution in [0.1, 0.15) is 0 Å². The summed E-state index contributed by atoms with van der Waals surface area (Å²) in [4.78, 5) is 0. The van der Waals surface area contributed by atoms with Crippen LogP contribution in [0.5, 0.6) is 0 Å². The highest BCUT2D eigenvalue weighted by Crippen LogP contribution is 2.27. The summed E-state index contributed by atoms with van der Waals surface area (Å²) >= 11 is 3.53. The van der Waals surface area contributed by atoms with Gasteiger partial charge in [0.25, 0.3) is 0 Å². The zero-order valence-electron chi connectivity index (χ0n) is 7.57. The Kier molecular flexibility index (Phi) is 4.11. The molecule has 0 saturated heterocycles. The van der Waals surface area contributed by atoms with Gasteiger partial charge in [-0.1, -0.05) is 64.5 Å². The Morgan fingerprint density at radius 1 is 0.714 bits per heavy atom. The van der Waals surface area contributed by atoms with Gasteiger partial charge in [-0.25, -0.2) is 0 Å². The molecule has 68 valence electrons. The third-order valence-electron chi connectivity index (χ3n) is 1.96. The second-order valence-corrected chi connectivity index (χ2v) is 3.70. The van der Waals surface area contributed by atoms with Gasteiger partial charge < -0.3 is 0 Å². The van der Waals surface area contributed by atoms with Gasteiger partial charge in [-0.15, -0.1) is 0 Å². The molecule has 0 amide bonds. The van der Waals surface area contributed by atoms with Crippen molar-refractivity contribution in [3.8, 4) is 11.1 Å². The van der Waals surface area contributed by atoms with E-state index < -0.39 is 0 Å². The van der Waals surface area contributed by atoms with Crippen LogP contribution in [-0.4, -0.2) is 11.0 Å². The van der Waals surface area contributed by atoms with Crippen molar-refractivity contribution in [1.29, 1.82) is 0 Å². The van der Waals surface area contributed by atoms with Gasteiger partial charge in [0.15, 0.2) is 0 Å². The molecule has 0 atom stereocenters. The van der Waals surface area contributed by atoms with Gasteiger partial charge in [0, 0.05) is 15.4 Å². The van der Waals surface area contributed by atoms with Crippen molar-refractivity contribution in [3.63, 3.8) is 0 Å². The molecule has 0 aliphatic rings. The first-order chi connectivity index (χ1) is 6.38. The number of halogens is 1. The van der Waals surface area contributed by atoms with Gasteiger partial charge in [-0.2, -0.15) is 0 Å². The van der Waals surface area contributed by atoms with Crippen molar-refractivity contribution in [2.45, 2.75) is 0 Å². The number of hydrogen-bond donors (Lipinski definition) is 0. The van der Waals surface area contributed by atoms with E-state index in [4.69, 9.17) is 0 Å². The molecule has 14 heavy (non-hydrogen) atoms. The van der Waals surface area contributed by atoms with Crippen LogP contribution in [0, 0.1) is 0 Å². The second kappa shape index (κ2) is 5.13. The Hall–Kier alpha value is -0.863. The van der Waals surface area contributed by atoms with Crippen molar-refractivity contribution in [1.82, 2.24) is 0 Å². The lowest BCUT2D eigenvalue weighted by Crippen LogP contribution is -1.77. The lowest BCUT2D eigenvalue weighted by atomic mass is 10.1. The predicted octanol–water partition coefficient (Wildman–Crippen LogP) is 3.74. The SMILES string of the molecule is Brc1ccccc1-c1ccccc1.[Si]. The van der Waals surface area contributed by atoms with E-state index in [0.29, 0.717) is 0 Å². The quantitative estimate of drug-likeness (QED) is 0.686. The maximum atomic E-state index is 3.53. The van der Waals surface area contributed by atoms with Crippen LogP contribution < -0.4 is 0 Å². The molecule has 2 heteroatoms. The summed E-state index contributed by atoms with van der Waals surface area (Å²) in [5.74, 6) is 0. The topological polar surface area (TPSA) is 0 Å². The molecular formula is C12H9BrSi. The monoisotopic (exact) mass is 260 g/mol. The van der Waals surface area contributed by atoms with E-state index in [9.17, 15) is 0 Å². The van der Waals surface area contributed by atoms with E-state index in [1.165, 1.54) is 11.1 Å². The normalized spacial score (nSPS) is 9.21. The summed E-state index contributed by atoms with van der Waals surface area (Å²) in [6.07, 6.45) is 0. The summed E-state index contributed by atoms with van der Waals surface area (Å²) in [5, 5.41) is 0. The third kappa shape index (κ3) is 2.34. The second-order valence-electron chi connectivity index (χ2n) is 2.85. The molecule has 4 radical (unpaired) electrons. The third-order valence-corrected chi connectivity index (χ3v) is 2.65. The average molecular weight is 261 g/mol. The minimum atomic E-state index is 0. The van der Waals surface area contributed by atoms with E-state index >= 15 is 0 Å². The number of rotatable bonds is 1. The van der Waals surface area contributed by atoms with Gasteiger partial charge in [0.05, 0.1) is 0 Å². The minimum Gasteiger partial charge on any atom is -0.0622 e. The first-order valence-electron chi connectivity index (χ1n) is 4.18. The molecule has 0 bridgehead atoms. The largest absolute Gasteiger partial charge is 0.0622 e. The molecule has 2 rings (SSSR count). The van der Waals surface area contributed by atoms with Crippen molar-refractivity contribution < 1.29 is 0 Å². The fraction of sp³-hybridized carbons (Fsp3) is 0. The Balaban J connectivity index is 0.000000980. The van der Waals surface area contributed by atoms with E-state index in [1.54, 1.807) is 0 Å². The van der Waals surface area contributed by atoms with E-state index in [2.05, 4.69) is 52.3 Å². The molecule has 2 aromatic rings. The van der Waals surface area contributed by atoms with Crippen LogP contribution in [0.3, 0.4) is 0 Å². The summed E-state index contributed by atoms with van der Waals surface area (Å²) in [5.41, 5.74) is 2.48. The van der Waals surface area contributed by atoms with Crippen LogP contribution in [0.4, 0.5) is 0 Å². The molecule has 0 heterocycles. The van der Waals surface area contributed by atoms with Crippen LogP contribution >= 0.6 is 15.9 Å². The molecular weight excluding hydrogens is 252 g/mol. The van der Waals surface area contributed by atoms with Crippen LogP contribution in [-0.2, 0) is 0 Å². The van der Waals surface area contributed by atoms with Gasteiger partial charge in [-0.05, 0) is 17.2 Å². The standard InChI is InChI=1S/C12H9Br.Si/c13-12-9-5-4-8-11(12)10-6-2-1-3-7-10;/h1-9H;. The van der Waals surface area contributed by atoms with Gasteiger partial charge >= 0.3 is 0 Å². The Morgan fingerprint density at radius 2 is 1.29 bits per heavy atom. The lowest BCUT2D eigenvalue weighted by Gasteiger charge is -2.02. The van der Waals surface area contributed by atoms with Crippen LogP contribution in [0.2, 0.25) is 0 Å². The molecule has 0 aliphatic heterocycles. The molecule has 0 N–H and O–H groups in total. The summed E-state index contributed by atoms with van der Waals surface area (Å²) < 4.78 is 1.14. The smallest absolute Gasteiger partial charge is 0.0253 e. The van der Waals surface area contributed by atoms with Crippen LogP contribution in [0.25, 0.3) is 11.1 Å². The van der Waals surface area contributed by atoms with Gasteiger partial charge in [0.1, 0.15) is 0 Å². The molecule has 0 saturated carbocycles. The van der Waals surface area contributed by atoms with Crippen molar-refractivity contribution >= 4 is 26.9 Å². The molecule has 0 aliphatic carbocycles. The zero-order chi connectivity index (χ0) is 9.10.